The van der Waals surface area contributed by atoms with E-state index in [9.17, 15) is 0 Å². The Labute approximate surface area is 313 Å². The van der Waals surface area contributed by atoms with Crippen LogP contribution in [-0.2, 0) is 0 Å². The second kappa shape index (κ2) is 14.9. The number of hydrogen-bond acceptors (Lipinski definition) is 8. The Kier molecular flexibility index (Phi) is 9.05. The van der Waals surface area contributed by atoms with Crippen LogP contribution >= 0.6 is 0 Å². The van der Waals surface area contributed by atoms with Gasteiger partial charge in [0.1, 0.15) is 0 Å². The number of allylic oxidation sites excluding steroid dienone is 7. The zero-order chi connectivity index (χ0) is 36.1. The van der Waals surface area contributed by atoms with Crippen LogP contribution in [0.25, 0.3) is 28.5 Å². The van der Waals surface area contributed by atoms with E-state index in [2.05, 4.69) is 133 Å². The first kappa shape index (κ1) is 32.8. The Morgan fingerprint density at radius 1 is 0.463 bits per heavy atom. The molecule has 0 N–H and O–H groups in total. The summed E-state index contributed by atoms with van der Waals surface area (Å²) in [6.45, 7) is 0. The van der Waals surface area contributed by atoms with Gasteiger partial charge in [-0.15, -0.1) is 20.4 Å². The summed E-state index contributed by atoms with van der Waals surface area (Å²) in [6.07, 6.45) is 15.6. The molecule has 0 radical (unpaired) electrons. The summed E-state index contributed by atoms with van der Waals surface area (Å²) in [4.78, 5) is 4.48. The third-order valence-electron chi connectivity index (χ3n) is 9.55. The van der Waals surface area contributed by atoms with Crippen LogP contribution in [0.1, 0.15) is 37.0 Å². The van der Waals surface area contributed by atoms with Gasteiger partial charge in [0.25, 0.3) is 0 Å². The van der Waals surface area contributed by atoms with Crippen LogP contribution < -0.4 is 9.80 Å². The summed E-state index contributed by atoms with van der Waals surface area (Å²) in [6, 6.07) is 47.5. The van der Waals surface area contributed by atoms with Crippen molar-refractivity contribution in [2.24, 2.45) is 0 Å². The van der Waals surface area contributed by atoms with Crippen molar-refractivity contribution in [3.8, 4) is 22.9 Å². The summed E-state index contributed by atoms with van der Waals surface area (Å²) in [5, 5.41) is 17.6. The second-order valence-electron chi connectivity index (χ2n) is 13.1. The first-order valence-electron chi connectivity index (χ1n) is 18.2. The molecule has 0 bridgehead atoms. The zero-order valence-electron chi connectivity index (χ0n) is 29.4. The van der Waals surface area contributed by atoms with Crippen LogP contribution in [0.3, 0.4) is 0 Å². The summed E-state index contributed by atoms with van der Waals surface area (Å²) < 4.78 is 12.4. The zero-order valence-corrected chi connectivity index (χ0v) is 29.4. The fourth-order valence-electron chi connectivity index (χ4n) is 6.82. The Bertz CT molecular complexity index is 2420. The highest BCUT2D eigenvalue weighted by Crippen LogP contribution is 2.37. The van der Waals surface area contributed by atoms with Gasteiger partial charge < -0.3 is 18.6 Å². The molecule has 2 aliphatic rings. The molecule has 0 spiro atoms. The van der Waals surface area contributed by atoms with E-state index in [1.54, 1.807) is 0 Å². The van der Waals surface area contributed by atoms with Gasteiger partial charge in [-0.3, -0.25) is 0 Å². The molecule has 262 valence electrons. The van der Waals surface area contributed by atoms with Gasteiger partial charge in [-0.05, 0) is 110 Å². The molecule has 0 amide bonds. The van der Waals surface area contributed by atoms with Crippen LogP contribution in [0.4, 0.5) is 28.4 Å². The quantitative estimate of drug-likeness (QED) is 0.139. The first-order valence-corrected chi connectivity index (χ1v) is 18.2. The fourth-order valence-corrected chi connectivity index (χ4v) is 6.82. The molecule has 1 unspecified atom stereocenters. The van der Waals surface area contributed by atoms with Crippen molar-refractivity contribution in [1.29, 1.82) is 0 Å². The SMILES string of the molecule is C1=CC(N(c2ccccc2)c2ccc(-c3nnc(C4C=CC(c5nnc(-c6ccc(N(c7ccccc7)c7ccccc7)cc6)o5)=CC4)o3)cc2)=CCC1. The monoisotopic (exact) mass is 704 g/mol. The summed E-state index contributed by atoms with van der Waals surface area (Å²) in [5.41, 5.74) is 9.10. The van der Waals surface area contributed by atoms with Crippen molar-refractivity contribution in [3.05, 3.63) is 193 Å². The minimum atomic E-state index is -0.0556. The van der Waals surface area contributed by atoms with Gasteiger partial charge in [0.2, 0.25) is 23.6 Å². The van der Waals surface area contributed by atoms with E-state index >= 15 is 0 Å². The van der Waals surface area contributed by atoms with Crippen molar-refractivity contribution in [2.75, 3.05) is 9.80 Å². The van der Waals surface area contributed by atoms with Crippen molar-refractivity contribution in [2.45, 2.75) is 25.2 Å². The molecular formula is C46H36N6O2. The number of anilines is 5. The average Bonchev–Trinajstić information content (AvgIpc) is 3.95. The Hall–Kier alpha value is -7.06. The van der Waals surface area contributed by atoms with E-state index in [1.807, 2.05) is 72.8 Å². The molecule has 0 fully saturated rings. The van der Waals surface area contributed by atoms with Gasteiger partial charge >= 0.3 is 0 Å². The normalized spacial score (nSPS) is 15.1. The lowest BCUT2D eigenvalue weighted by atomic mass is 9.96. The third-order valence-corrected chi connectivity index (χ3v) is 9.55. The molecule has 0 aliphatic heterocycles. The van der Waals surface area contributed by atoms with E-state index in [1.165, 1.54) is 0 Å². The molecule has 1 atom stereocenters. The Morgan fingerprint density at radius 3 is 1.54 bits per heavy atom. The number of para-hydroxylation sites is 3. The molecule has 8 nitrogen and oxygen atoms in total. The number of benzene rings is 5. The van der Waals surface area contributed by atoms with E-state index in [4.69, 9.17) is 8.83 Å². The number of rotatable bonds is 10. The van der Waals surface area contributed by atoms with Gasteiger partial charge in [-0.25, -0.2) is 0 Å². The minimum absolute atomic E-state index is 0.0556. The molecule has 54 heavy (non-hydrogen) atoms. The van der Waals surface area contributed by atoms with Crippen LogP contribution in [-0.4, -0.2) is 20.4 Å². The van der Waals surface area contributed by atoms with Gasteiger partial charge in [-0.2, -0.15) is 0 Å². The highest BCUT2D eigenvalue weighted by atomic mass is 16.4. The number of aromatic nitrogens is 4. The second-order valence-corrected chi connectivity index (χ2v) is 13.1. The largest absolute Gasteiger partial charge is 0.420 e. The summed E-state index contributed by atoms with van der Waals surface area (Å²) >= 11 is 0. The number of hydrogen-bond donors (Lipinski definition) is 0. The van der Waals surface area contributed by atoms with Crippen molar-refractivity contribution < 1.29 is 8.83 Å². The Morgan fingerprint density at radius 2 is 0.981 bits per heavy atom. The summed E-state index contributed by atoms with van der Waals surface area (Å²) in [7, 11) is 0. The maximum Gasteiger partial charge on any atom is 0.248 e. The molecule has 2 heterocycles. The van der Waals surface area contributed by atoms with E-state index in [0.29, 0.717) is 30.0 Å². The van der Waals surface area contributed by atoms with E-state index in [0.717, 1.165) is 63.7 Å². The highest BCUT2D eigenvalue weighted by molar-refractivity contribution is 5.78. The predicted molar refractivity (Wildman–Crippen MR) is 214 cm³/mol. The van der Waals surface area contributed by atoms with Crippen molar-refractivity contribution in [3.63, 3.8) is 0 Å². The van der Waals surface area contributed by atoms with Crippen LogP contribution in [0.2, 0.25) is 0 Å². The molecule has 7 aromatic rings. The minimum Gasteiger partial charge on any atom is -0.420 e. The fraction of sp³-hybridized carbons (Fsp3) is 0.0870. The van der Waals surface area contributed by atoms with Gasteiger partial charge in [0.05, 0.1) is 5.92 Å². The molecule has 2 aromatic heterocycles. The molecule has 0 saturated carbocycles. The molecule has 0 saturated heterocycles. The van der Waals surface area contributed by atoms with Crippen molar-refractivity contribution >= 4 is 34.0 Å². The third kappa shape index (κ3) is 6.80. The standard InChI is InChI=1S/C46H36N6O2/c1-5-13-37(14-6-1)51(38-15-7-2-8-16-38)41-29-25-35(26-30-41)45-49-47-43(53-45)33-21-23-34(24-22-33)44-48-50-46(54-44)36-27-31-42(32-28-36)52(39-17-9-3-10-18-39)40-19-11-4-12-20-40/h1-3,5-11,13-23,25-32,34H,4,12,24H2. The lowest BCUT2D eigenvalue weighted by Gasteiger charge is -2.27. The lowest BCUT2D eigenvalue weighted by Crippen LogP contribution is -2.16. The number of nitrogens with zero attached hydrogens (tertiary/aromatic N) is 6. The molecule has 2 aliphatic carbocycles. The molecule has 8 heteroatoms. The molecular weight excluding hydrogens is 669 g/mol. The van der Waals surface area contributed by atoms with Crippen LogP contribution in [0, 0.1) is 0 Å². The van der Waals surface area contributed by atoms with E-state index in [-0.39, 0.29) is 5.92 Å². The lowest BCUT2D eigenvalue weighted by molar-refractivity contribution is 0.484. The predicted octanol–water partition coefficient (Wildman–Crippen LogP) is 11.8. The maximum absolute atomic E-state index is 6.20. The molecule has 9 rings (SSSR count). The smallest absolute Gasteiger partial charge is 0.248 e. The molecule has 5 aromatic carbocycles. The summed E-state index contributed by atoms with van der Waals surface area (Å²) in [5.74, 6) is 1.93. The van der Waals surface area contributed by atoms with Gasteiger partial charge in [-0.1, -0.05) is 85.0 Å². The first-order chi connectivity index (χ1) is 26.8. The highest BCUT2D eigenvalue weighted by Gasteiger charge is 2.22. The maximum atomic E-state index is 6.20. The van der Waals surface area contributed by atoms with Crippen LogP contribution in [0.5, 0.6) is 0 Å². The Balaban J connectivity index is 0.872. The topological polar surface area (TPSA) is 84.3 Å². The van der Waals surface area contributed by atoms with Crippen LogP contribution in [0.15, 0.2) is 191 Å². The average molecular weight is 705 g/mol. The van der Waals surface area contributed by atoms with Crippen molar-refractivity contribution in [1.82, 2.24) is 20.4 Å². The van der Waals surface area contributed by atoms with Gasteiger partial charge in [0.15, 0.2) is 0 Å². The van der Waals surface area contributed by atoms with Gasteiger partial charge in [0, 0.05) is 50.8 Å². The van der Waals surface area contributed by atoms with E-state index < -0.39 is 0 Å².